The van der Waals surface area contributed by atoms with Crippen molar-refractivity contribution in [2.75, 3.05) is 0 Å². The second kappa shape index (κ2) is 6.16. The van der Waals surface area contributed by atoms with Gasteiger partial charge in [0.15, 0.2) is 0 Å². The standard InChI is InChI=1S/C12H11ClFNO3/c1-7(12(17)18)15-11(16)6-5-8-9(13)3-2-4-10(8)14/h2-7H,1H3,(H,15,16)(H,17,18)/b6-5+/t7-/m1/s1. The highest BCUT2D eigenvalue weighted by Crippen LogP contribution is 2.20. The lowest BCUT2D eigenvalue weighted by Gasteiger charge is -2.06. The minimum absolute atomic E-state index is 0.0808. The highest BCUT2D eigenvalue weighted by molar-refractivity contribution is 6.32. The van der Waals surface area contributed by atoms with Gasteiger partial charge >= 0.3 is 5.97 Å². The highest BCUT2D eigenvalue weighted by atomic mass is 35.5. The maximum absolute atomic E-state index is 13.3. The molecule has 1 aromatic rings. The predicted octanol–water partition coefficient (Wildman–Crippen LogP) is 2.08. The summed E-state index contributed by atoms with van der Waals surface area (Å²) in [4.78, 5) is 21.8. The molecule has 18 heavy (non-hydrogen) atoms. The Kier molecular flexibility index (Phi) is 4.85. The molecule has 1 amide bonds. The van der Waals surface area contributed by atoms with Gasteiger partial charge in [-0.05, 0) is 25.1 Å². The van der Waals surface area contributed by atoms with Crippen LogP contribution in [0.15, 0.2) is 24.3 Å². The van der Waals surface area contributed by atoms with Gasteiger partial charge in [0.1, 0.15) is 11.9 Å². The molecule has 4 nitrogen and oxygen atoms in total. The molecule has 0 radical (unpaired) electrons. The summed E-state index contributed by atoms with van der Waals surface area (Å²) in [6, 6.07) is 3.13. The Morgan fingerprint density at radius 3 is 2.72 bits per heavy atom. The van der Waals surface area contributed by atoms with E-state index in [1.807, 2.05) is 0 Å². The summed E-state index contributed by atoms with van der Waals surface area (Å²) >= 11 is 5.75. The maximum atomic E-state index is 13.3. The van der Waals surface area contributed by atoms with Crippen LogP contribution in [0.4, 0.5) is 4.39 Å². The summed E-state index contributed by atoms with van der Waals surface area (Å²) in [7, 11) is 0. The number of benzene rings is 1. The topological polar surface area (TPSA) is 66.4 Å². The van der Waals surface area contributed by atoms with Crippen molar-refractivity contribution in [1.29, 1.82) is 0 Å². The minimum Gasteiger partial charge on any atom is -0.480 e. The predicted molar refractivity (Wildman–Crippen MR) is 65.7 cm³/mol. The van der Waals surface area contributed by atoms with E-state index in [-0.39, 0.29) is 10.6 Å². The molecule has 0 heterocycles. The van der Waals surface area contributed by atoms with Crippen LogP contribution >= 0.6 is 11.6 Å². The molecule has 0 aliphatic rings. The van der Waals surface area contributed by atoms with Crippen LogP contribution in [0.1, 0.15) is 12.5 Å². The zero-order valence-corrected chi connectivity index (χ0v) is 10.2. The average Bonchev–Trinajstić information content (AvgIpc) is 2.28. The third-order valence-electron chi connectivity index (χ3n) is 2.13. The molecule has 0 fully saturated rings. The van der Waals surface area contributed by atoms with E-state index in [0.29, 0.717) is 0 Å². The zero-order chi connectivity index (χ0) is 13.7. The molecule has 1 aromatic carbocycles. The third-order valence-corrected chi connectivity index (χ3v) is 2.46. The van der Waals surface area contributed by atoms with E-state index in [2.05, 4.69) is 5.32 Å². The van der Waals surface area contributed by atoms with Gasteiger partial charge in [0.05, 0.1) is 5.02 Å². The second-order valence-corrected chi connectivity index (χ2v) is 3.94. The molecule has 2 N–H and O–H groups in total. The van der Waals surface area contributed by atoms with Crippen LogP contribution in [0.5, 0.6) is 0 Å². The summed E-state index contributed by atoms with van der Waals surface area (Å²) in [5, 5.41) is 11.0. The lowest BCUT2D eigenvalue weighted by molar-refractivity contribution is -0.140. The molecule has 0 aromatic heterocycles. The molecule has 1 atom stereocenters. The van der Waals surface area contributed by atoms with Gasteiger partial charge in [-0.1, -0.05) is 17.7 Å². The van der Waals surface area contributed by atoms with E-state index < -0.39 is 23.7 Å². The molecule has 0 spiro atoms. The quantitative estimate of drug-likeness (QED) is 0.824. The Morgan fingerprint density at radius 1 is 1.50 bits per heavy atom. The molecule has 0 saturated carbocycles. The molecule has 6 heteroatoms. The van der Waals surface area contributed by atoms with Gasteiger partial charge in [-0.25, -0.2) is 4.39 Å². The van der Waals surface area contributed by atoms with Crippen molar-refractivity contribution in [3.8, 4) is 0 Å². The van der Waals surface area contributed by atoms with Crippen LogP contribution in [0.3, 0.4) is 0 Å². The van der Waals surface area contributed by atoms with E-state index in [9.17, 15) is 14.0 Å². The number of carboxylic acid groups (broad SMARTS) is 1. The lowest BCUT2D eigenvalue weighted by Crippen LogP contribution is -2.37. The summed E-state index contributed by atoms with van der Waals surface area (Å²) in [5.41, 5.74) is 0.0808. The van der Waals surface area contributed by atoms with Gasteiger partial charge in [-0.15, -0.1) is 0 Å². The van der Waals surface area contributed by atoms with Crippen LogP contribution in [-0.2, 0) is 9.59 Å². The lowest BCUT2D eigenvalue weighted by atomic mass is 10.2. The average molecular weight is 272 g/mol. The van der Waals surface area contributed by atoms with Crippen LogP contribution in [0.25, 0.3) is 6.08 Å². The monoisotopic (exact) mass is 271 g/mol. The largest absolute Gasteiger partial charge is 0.480 e. The fraction of sp³-hybridized carbons (Fsp3) is 0.167. The maximum Gasteiger partial charge on any atom is 0.325 e. The van der Waals surface area contributed by atoms with Gasteiger partial charge in [0, 0.05) is 11.6 Å². The number of hydrogen-bond acceptors (Lipinski definition) is 2. The van der Waals surface area contributed by atoms with Crippen molar-refractivity contribution < 1.29 is 19.1 Å². The van der Waals surface area contributed by atoms with Crippen molar-refractivity contribution in [2.24, 2.45) is 0 Å². The summed E-state index contributed by atoms with van der Waals surface area (Å²) in [5.74, 6) is -2.34. The second-order valence-electron chi connectivity index (χ2n) is 3.54. The first-order valence-electron chi connectivity index (χ1n) is 5.07. The SMILES string of the molecule is C[C@@H](NC(=O)/C=C/c1c(F)cccc1Cl)C(=O)O. The zero-order valence-electron chi connectivity index (χ0n) is 9.48. The molecular formula is C12H11ClFNO3. The number of carboxylic acids is 1. The first-order chi connectivity index (χ1) is 8.41. The van der Waals surface area contributed by atoms with Crippen LogP contribution in [0.2, 0.25) is 5.02 Å². The Bertz CT molecular complexity index is 482. The van der Waals surface area contributed by atoms with Gasteiger partial charge in [0.25, 0.3) is 0 Å². The molecule has 1 rings (SSSR count). The van der Waals surface area contributed by atoms with Crippen molar-refractivity contribution in [1.82, 2.24) is 5.32 Å². The van der Waals surface area contributed by atoms with Crippen LogP contribution < -0.4 is 5.32 Å². The van der Waals surface area contributed by atoms with Gasteiger partial charge in [0.2, 0.25) is 5.91 Å². The number of carbonyl (C=O) groups excluding carboxylic acids is 1. The van der Waals surface area contributed by atoms with Crippen molar-refractivity contribution >= 4 is 29.6 Å². The Morgan fingerprint density at radius 2 is 2.17 bits per heavy atom. The number of nitrogens with one attached hydrogen (secondary N) is 1. The summed E-state index contributed by atoms with van der Waals surface area (Å²) < 4.78 is 13.3. The molecule has 0 aliphatic carbocycles. The number of aliphatic carboxylic acids is 1. The van der Waals surface area contributed by atoms with Crippen LogP contribution in [0, 0.1) is 5.82 Å². The summed E-state index contributed by atoms with van der Waals surface area (Å²) in [6.45, 7) is 1.32. The number of hydrogen-bond donors (Lipinski definition) is 2. The molecule has 0 aliphatic heterocycles. The van der Waals surface area contributed by atoms with E-state index in [0.717, 1.165) is 6.08 Å². The number of halogens is 2. The fourth-order valence-electron chi connectivity index (χ4n) is 1.15. The Labute approximate surface area is 108 Å². The van der Waals surface area contributed by atoms with Gasteiger partial charge in [-0.2, -0.15) is 0 Å². The smallest absolute Gasteiger partial charge is 0.325 e. The van der Waals surface area contributed by atoms with E-state index in [1.54, 1.807) is 0 Å². The Hall–Kier alpha value is -1.88. The molecule has 0 bridgehead atoms. The van der Waals surface area contributed by atoms with E-state index in [1.165, 1.54) is 31.2 Å². The minimum atomic E-state index is -1.15. The first kappa shape index (κ1) is 14.2. The van der Waals surface area contributed by atoms with E-state index >= 15 is 0 Å². The van der Waals surface area contributed by atoms with E-state index in [4.69, 9.17) is 16.7 Å². The Balaban J connectivity index is 2.75. The molecule has 0 saturated heterocycles. The van der Waals surface area contributed by atoms with Gasteiger partial charge < -0.3 is 10.4 Å². The van der Waals surface area contributed by atoms with Crippen molar-refractivity contribution in [3.63, 3.8) is 0 Å². The van der Waals surface area contributed by atoms with Crippen molar-refractivity contribution in [3.05, 3.63) is 40.7 Å². The summed E-state index contributed by atoms with van der Waals surface area (Å²) in [6.07, 6.45) is 2.23. The fourth-order valence-corrected chi connectivity index (χ4v) is 1.38. The third kappa shape index (κ3) is 3.85. The number of amides is 1. The number of rotatable bonds is 4. The van der Waals surface area contributed by atoms with Crippen molar-refractivity contribution in [2.45, 2.75) is 13.0 Å². The first-order valence-corrected chi connectivity index (χ1v) is 5.45. The normalized spacial score (nSPS) is 12.4. The molecular weight excluding hydrogens is 261 g/mol. The highest BCUT2D eigenvalue weighted by Gasteiger charge is 2.12. The molecule has 96 valence electrons. The van der Waals surface area contributed by atoms with Gasteiger partial charge in [-0.3, -0.25) is 9.59 Å². The van der Waals surface area contributed by atoms with Crippen LogP contribution in [-0.4, -0.2) is 23.0 Å². The number of carbonyl (C=O) groups is 2. The molecule has 0 unspecified atom stereocenters.